The van der Waals surface area contributed by atoms with Crippen LogP contribution in [0.1, 0.15) is 28.1 Å². The molecule has 8 heteroatoms. The number of thioether (sulfide) groups is 1. The highest BCUT2D eigenvalue weighted by Crippen LogP contribution is 2.47. The Bertz CT molecular complexity index is 961. The fourth-order valence-electron chi connectivity index (χ4n) is 3.38. The second kappa shape index (κ2) is 9.98. The van der Waals surface area contributed by atoms with E-state index in [0.717, 1.165) is 16.7 Å². The van der Waals surface area contributed by atoms with Crippen LogP contribution in [0.3, 0.4) is 0 Å². The predicted molar refractivity (Wildman–Crippen MR) is 120 cm³/mol. The molecule has 1 aliphatic heterocycles. The molecule has 0 fully saturated rings. The van der Waals surface area contributed by atoms with Gasteiger partial charge in [-0.2, -0.15) is 0 Å². The molecule has 0 aromatic heterocycles. The second-order valence-corrected chi connectivity index (χ2v) is 8.66. The molecule has 0 saturated carbocycles. The number of esters is 1. The van der Waals surface area contributed by atoms with Crippen molar-refractivity contribution in [3.05, 3.63) is 53.6 Å². The molecular weight excluding hydrogens is 416 g/mol. The van der Waals surface area contributed by atoms with E-state index in [1.807, 2.05) is 49.3 Å². The van der Waals surface area contributed by atoms with E-state index in [0.29, 0.717) is 30.1 Å². The highest BCUT2D eigenvalue weighted by atomic mass is 32.2. The molecule has 2 unspecified atom stereocenters. The number of hydrogen-bond acceptors (Lipinski definition) is 7. The van der Waals surface area contributed by atoms with Crippen molar-refractivity contribution in [1.82, 2.24) is 4.90 Å². The summed E-state index contributed by atoms with van der Waals surface area (Å²) in [6.45, 7) is 2.31. The van der Waals surface area contributed by atoms with Gasteiger partial charge < -0.3 is 19.3 Å². The highest BCUT2D eigenvalue weighted by molar-refractivity contribution is 7.99. The molecule has 3 rings (SSSR count). The van der Waals surface area contributed by atoms with Gasteiger partial charge in [-0.05, 0) is 43.9 Å². The van der Waals surface area contributed by atoms with Gasteiger partial charge in [0.15, 0.2) is 6.10 Å². The van der Waals surface area contributed by atoms with Crippen molar-refractivity contribution in [3.8, 4) is 5.75 Å². The molecule has 0 saturated heterocycles. The molecule has 31 heavy (non-hydrogen) atoms. The summed E-state index contributed by atoms with van der Waals surface area (Å²) in [6.07, 6.45) is -0.250. The number of aldehydes is 1. The maximum atomic E-state index is 13.7. The number of ether oxygens (including phenoxy) is 2. The van der Waals surface area contributed by atoms with Crippen molar-refractivity contribution in [2.45, 2.75) is 23.2 Å². The Morgan fingerprint density at radius 3 is 2.48 bits per heavy atom. The van der Waals surface area contributed by atoms with Crippen LogP contribution in [0.15, 0.2) is 47.4 Å². The van der Waals surface area contributed by atoms with Crippen LogP contribution in [0.2, 0.25) is 0 Å². The third-order valence-electron chi connectivity index (χ3n) is 4.96. The first-order chi connectivity index (χ1) is 14.8. The first-order valence-electron chi connectivity index (χ1n) is 9.87. The van der Waals surface area contributed by atoms with Gasteiger partial charge in [-0.25, -0.2) is 0 Å². The molecule has 2 aromatic carbocycles. The van der Waals surface area contributed by atoms with E-state index in [2.05, 4.69) is 0 Å². The molecule has 1 heterocycles. The van der Waals surface area contributed by atoms with Gasteiger partial charge in [-0.15, -0.1) is 11.8 Å². The Kier molecular flexibility index (Phi) is 7.35. The highest BCUT2D eigenvalue weighted by Gasteiger charge is 2.40. The zero-order chi connectivity index (χ0) is 22.5. The summed E-state index contributed by atoms with van der Waals surface area (Å²) < 4.78 is 10.8. The van der Waals surface area contributed by atoms with E-state index in [1.165, 1.54) is 18.7 Å². The van der Waals surface area contributed by atoms with E-state index < -0.39 is 17.3 Å². The largest absolute Gasteiger partial charge is 0.497 e. The minimum atomic E-state index is -1.01. The summed E-state index contributed by atoms with van der Waals surface area (Å²) >= 11 is 1.45. The molecule has 0 aliphatic carbocycles. The zero-order valence-corrected chi connectivity index (χ0v) is 18.8. The molecule has 164 valence electrons. The monoisotopic (exact) mass is 442 g/mol. The predicted octanol–water partition coefficient (Wildman–Crippen LogP) is 3.18. The maximum absolute atomic E-state index is 13.7. The minimum Gasteiger partial charge on any atom is -0.497 e. The van der Waals surface area contributed by atoms with Crippen molar-refractivity contribution < 1.29 is 23.9 Å². The normalized spacial score (nSPS) is 18.4. The number of nitrogens with zero attached hydrogens (tertiary/aromatic N) is 2. The SMILES string of the molecule is COc1ccc(C2Sc3ccc(C=O)cc3N(CCN(C)C)C(=O)C2OC(C)=O)cc1. The number of amides is 1. The van der Waals surface area contributed by atoms with E-state index in [1.54, 1.807) is 24.1 Å². The number of hydrogen-bond donors (Lipinski definition) is 0. The first-order valence-corrected chi connectivity index (χ1v) is 10.7. The summed E-state index contributed by atoms with van der Waals surface area (Å²) in [7, 11) is 5.43. The van der Waals surface area contributed by atoms with Crippen LogP contribution in [-0.4, -0.2) is 63.5 Å². The lowest BCUT2D eigenvalue weighted by Crippen LogP contribution is -2.45. The van der Waals surface area contributed by atoms with Crippen molar-refractivity contribution in [2.75, 3.05) is 39.2 Å². The minimum absolute atomic E-state index is 0.313. The van der Waals surface area contributed by atoms with Crippen LogP contribution < -0.4 is 9.64 Å². The van der Waals surface area contributed by atoms with E-state index in [4.69, 9.17) is 9.47 Å². The lowest BCUT2D eigenvalue weighted by atomic mass is 10.1. The van der Waals surface area contributed by atoms with Gasteiger partial charge in [0.25, 0.3) is 5.91 Å². The van der Waals surface area contributed by atoms with Crippen molar-refractivity contribution in [2.24, 2.45) is 0 Å². The fourth-order valence-corrected chi connectivity index (χ4v) is 4.68. The van der Waals surface area contributed by atoms with Crippen LogP contribution in [0.25, 0.3) is 0 Å². The topological polar surface area (TPSA) is 76.2 Å². The van der Waals surface area contributed by atoms with E-state index in [-0.39, 0.29) is 5.91 Å². The smallest absolute Gasteiger partial charge is 0.303 e. The van der Waals surface area contributed by atoms with Crippen molar-refractivity contribution >= 4 is 35.6 Å². The Hall–Kier alpha value is -2.84. The molecule has 2 aromatic rings. The Balaban J connectivity index is 2.11. The molecule has 7 nitrogen and oxygen atoms in total. The quantitative estimate of drug-likeness (QED) is 0.481. The van der Waals surface area contributed by atoms with Gasteiger partial charge in [-0.3, -0.25) is 14.4 Å². The zero-order valence-electron chi connectivity index (χ0n) is 18.0. The van der Waals surface area contributed by atoms with Gasteiger partial charge in [0, 0.05) is 30.5 Å². The lowest BCUT2D eigenvalue weighted by molar-refractivity contribution is -0.152. The van der Waals surface area contributed by atoms with Crippen molar-refractivity contribution in [1.29, 1.82) is 0 Å². The van der Waals surface area contributed by atoms with Gasteiger partial charge in [0.05, 0.1) is 18.0 Å². The number of likely N-dealkylation sites (N-methyl/N-ethyl adjacent to an activating group) is 1. The number of fused-ring (bicyclic) bond motifs is 1. The molecule has 0 bridgehead atoms. The second-order valence-electron chi connectivity index (χ2n) is 7.48. The van der Waals surface area contributed by atoms with Gasteiger partial charge in [0.2, 0.25) is 0 Å². The Labute approximate surface area is 186 Å². The third kappa shape index (κ3) is 5.26. The van der Waals surface area contributed by atoms with Crippen molar-refractivity contribution in [3.63, 3.8) is 0 Å². The summed E-state index contributed by atoms with van der Waals surface area (Å²) in [5, 5.41) is -0.451. The molecular formula is C23H26N2O5S. The summed E-state index contributed by atoms with van der Waals surface area (Å²) in [4.78, 5) is 41.4. The van der Waals surface area contributed by atoms with Crippen LogP contribution in [-0.2, 0) is 14.3 Å². The van der Waals surface area contributed by atoms with Gasteiger partial charge in [0.1, 0.15) is 12.0 Å². The molecule has 2 atom stereocenters. The number of carbonyl (C=O) groups is 3. The number of benzene rings is 2. The Morgan fingerprint density at radius 2 is 1.90 bits per heavy atom. The summed E-state index contributed by atoms with van der Waals surface area (Å²) in [5.74, 6) is -0.141. The summed E-state index contributed by atoms with van der Waals surface area (Å²) in [6, 6.07) is 12.7. The molecule has 0 radical (unpaired) electrons. The van der Waals surface area contributed by atoms with Gasteiger partial charge >= 0.3 is 5.97 Å². The first kappa shape index (κ1) is 22.8. The number of methoxy groups -OCH3 is 1. The molecule has 0 N–H and O–H groups in total. The fraction of sp³-hybridized carbons (Fsp3) is 0.348. The summed E-state index contributed by atoms with van der Waals surface area (Å²) in [5.41, 5.74) is 1.97. The molecule has 0 spiro atoms. The van der Waals surface area contributed by atoms with E-state index in [9.17, 15) is 14.4 Å². The maximum Gasteiger partial charge on any atom is 0.303 e. The third-order valence-corrected chi connectivity index (χ3v) is 6.33. The molecule has 1 amide bonds. The number of carbonyl (C=O) groups excluding carboxylic acids is 3. The number of rotatable bonds is 7. The standard InChI is InChI=1S/C23H26N2O5S/c1-15(27)30-21-22(17-6-8-18(29-4)9-7-17)31-20-10-5-16(14-26)13-19(20)25(23(21)28)12-11-24(2)3/h5-10,13-14,21-22H,11-12H2,1-4H3. The van der Waals surface area contributed by atoms with Crippen LogP contribution >= 0.6 is 11.8 Å². The van der Waals surface area contributed by atoms with Crippen LogP contribution in [0.5, 0.6) is 5.75 Å². The van der Waals surface area contributed by atoms with E-state index >= 15 is 0 Å². The number of anilines is 1. The lowest BCUT2D eigenvalue weighted by Gasteiger charge is -2.28. The van der Waals surface area contributed by atoms with Crippen LogP contribution in [0.4, 0.5) is 5.69 Å². The van der Waals surface area contributed by atoms with Gasteiger partial charge in [-0.1, -0.05) is 18.2 Å². The molecule has 1 aliphatic rings. The average Bonchev–Trinajstić information content (AvgIpc) is 2.86. The van der Waals surface area contributed by atoms with Crippen LogP contribution in [0, 0.1) is 0 Å². The Morgan fingerprint density at radius 1 is 1.19 bits per heavy atom. The average molecular weight is 443 g/mol.